The lowest BCUT2D eigenvalue weighted by molar-refractivity contribution is -0.117. The lowest BCUT2D eigenvalue weighted by atomic mass is 10.1. The van der Waals surface area contributed by atoms with Crippen LogP contribution in [0.15, 0.2) is 36.8 Å². The highest BCUT2D eigenvalue weighted by Crippen LogP contribution is 2.30. The number of anilines is 1. The van der Waals surface area contributed by atoms with Gasteiger partial charge in [-0.2, -0.15) is 0 Å². The van der Waals surface area contributed by atoms with Gasteiger partial charge in [-0.05, 0) is 49.9 Å². The molecule has 2 amide bonds. The van der Waals surface area contributed by atoms with Gasteiger partial charge in [0.15, 0.2) is 5.82 Å². The summed E-state index contributed by atoms with van der Waals surface area (Å²) in [6.45, 7) is 0. The number of carbonyl (C=O) groups excluding carboxylic acids is 2. The first-order valence-electron chi connectivity index (χ1n) is 9.95. The first kappa shape index (κ1) is 17.8. The Bertz CT molecular complexity index is 800. The molecule has 0 radical (unpaired) electrons. The summed E-state index contributed by atoms with van der Waals surface area (Å²) >= 11 is 0. The van der Waals surface area contributed by atoms with Crippen molar-refractivity contribution in [3.63, 3.8) is 0 Å². The molecule has 2 fully saturated rings. The molecule has 0 spiro atoms. The van der Waals surface area contributed by atoms with Gasteiger partial charge >= 0.3 is 0 Å². The van der Waals surface area contributed by atoms with E-state index in [9.17, 15) is 9.59 Å². The molecule has 2 aliphatic carbocycles. The fourth-order valence-electron chi connectivity index (χ4n) is 3.58. The molecule has 2 N–H and O–H groups in total. The summed E-state index contributed by atoms with van der Waals surface area (Å²) < 4.78 is 1.84. The van der Waals surface area contributed by atoms with Gasteiger partial charge in [0.1, 0.15) is 6.33 Å². The van der Waals surface area contributed by atoms with Gasteiger partial charge in [0.05, 0.1) is 6.20 Å². The van der Waals surface area contributed by atoms with Gasteiger partial charge in [-0.1, -0.05) is 25.7 Å². The van der Waals surface area contributed by atoms with Crippen LogP contribution in [-0.4, -0.2) is 27.4 Å². The molecule has 2 aromatic rings. The Morgan fingerprint density at radius 2 is 1.67 bits per heavy atom. The molecule has 0 saturated heterocycles. The summed E-state index contributed by atoms with van der Waals surface area (Å²) in [5, 5.41) is 6.01. The van der Waals surface area contributed by atoms with Crippen LogP contribution in [0.25, 0.3) is 5.69 Å². The second-order valence-electron chi connectivity index (χ2n) is 7.64. The van der Waals surface area contributed by atoms with Gasteiger partial charge in [0.25, 0.3) is 5.91 Å². The molecule has 0 atom stereocenters. The van der Waals surface area contributed by atoms with Crippen LogP contribution in [0.2, 0.25) is 0 Å². The Hall–Kier alpha value is -2.63. The third kappa shape index (κ3) is 4.56. The van der Waals surface area contributed by atoms with Crippen LogP contribution < -0.4 is 10.6 Å². The number of hydrogen-bond acceptors (Lipinski definition) is 3. The van der Waals surface area contributed by atoms with Crippen molar-refractivity contribution in [3.05, 3.63) is 42.4 Å². The molecule has 1 aromatic carbocycles. The lowest BCUT2D eigenvalue weighted by Crippen LogP contribution is -2.34. The molecule has 6 nitrogen and oxygen atoms in total. The van der Waals surface area contributed by atoms with E-state index in [0.717, 1.165) is 31.4 Å². The topological polar surface area (TPSA) is 76.0 Å². The van der Waals surface area contributed by atoms with Crippen molar-refractivity contribution in [3.8, 4) is 5.69 Å². The molecule has 1 heterocycles. The largest absolute Gasteiger partial charge is 0.349 e. The Morgan fingerprint density at radius 3 is 2.33 bits per heavy atom. The van der Waals surface area contributed by atoms with E-state index >= 15 is 0 Å². The van der Waals surface area contributed by atoms with E-state index in [2.05, 4.69) is 15.6 Å². The quantitative estimate of drug-likeness (QED) is 0.793. The third-order valence-electron chi connectivity index (χ3n) is 5.40. The second kappa shape index (κ2) is 7.94. The highest BCUT2D eigenvalue weighted by molar-refractivity contribution is 5.94. The number of aromatic nitrogens is 2. The maximum Gasteiger partial charge on any atom is 0.251 e. The third-order valence-corrected chi connectivity index (χ3v) is 5.40. The van der Waals surface area contributed by atoms with Crippen LogP contribution >= 0.6 is 0 Å². The van der Waals surface area contributed by atoms with Gasteiger partial charge in [0.2, 0.25) is 5.91 Å². The van der Waals surface area contributed by atoms with E-state index in [1.807, 2.05) is 28.8 Å². The fourth-order valence-corrected chi connectivity index (χ4v) is 3.58. The highest BCUT2D eigenvalue weighted by atomic mass is 16.2. The lowest BCUT2D eigenvalue weighted by Gasteiger charge is -2.16. The van der Waals surface area contributed by atoms with E-state index in [1.54, 1.807) is 12.5 Å². The monoisotopic (exact) mass is 366 g/mol. The molecule has 4 rings (SSSR count). The minimum atomic E-state index is -0.00327. The van der Waals surface area contributed by atoms with E-state index < -0.39 is 0 Å². The predicted molar refractivity (Wildman–Crippen MR) is 104 cm³/mol. The van der Waals surface area contributed by atoms with E-state index in [-0.39, 0.29) is 17.7 Å². The molecule has 2 aliphatic rings. The summed E-state index contributed by atoms with van der Waals surface area (Å²) in [5.74, 6) is 0.755. The number of imidazole rings is 1. The summed E-state index contributed by atoms with van der Waals surface area (Å²) in [6.07, 6.45) is 12.5. The van der Waals surface area contributed by atoms with Crippen LogP contribution in [-0.2, 0) is 4.79 Å². The number of nitrogens with one attached hydrogen (secondary N) is 2. The SMILES string of the molecule is O=C(NC1CCCCCC1)c1ccc(-n2cnc(NC(=O)C3CC3)c2)cc1. The molecular weight excluding hydrogens is 340 g/mol. The predicted octanol–water partition coefficient (Wildman–Crippen LogP) is 3.67. The second-order valence-corrected chi connectivity index (χ2v) is 7.64. The molecule has 1 aromatic heterocycles. The number of hydrogen-bond donors (Lipinski definition) is 2. The van der Waals surface area contributed by atoms with Gasteiger partial charge in [-0.3, -0.25) is 9.59 Å². The number of amides is 2. The van der Waals surface area contributed by atoms with Crippen molar-refractivity contribution in [2.24, 2.45) is 5.92 Å². The Morgan fingerprint density at radius 1 is 0.963 bits per heavy atom. The molecular formula is C21H26N4O2. The Kier molecular flexibility index (Phi) is 5.23. The first-order chi connectivity index (χ1) is 13.2. The van der Waals surface area contributed by atoms with Crippen LogP contribution in [0.1, 0.15) is 61.7 Å². The summed E-state index contributed by atoms with van der Waals surface area (Å²) in [4.78, 5) is 28.5. The Balaban J connectivity index is 1.37. The zero-order valence-corrected chi connectivity index (χ0v) is 15.5. The van der Waals surface area contributed by atoms with Crippen LogP contribution in [0.3, 0.4) is 0 Å². The van der Waals surface area contributed by atoms with E-state index in [0.29, 0.717) is 17.4 Å². The summed E-state index contributed by atoms with van der Waals surface area (Å²) in [5.41, 5.74) is 1.57. The average molecular weight is 366 g/mol. The van der Waals surface area contributed by atoms with Crippen LogP contribution in [0.5, 0.6) is 0 Å². The Labute approximate surface area is 159 Å². The van der Waals surface area contributed by atoms with Crippen molar-refractivity contribution >= 4 is 17.6 Å². The zero-order chi connectivity index (χ0) is 18.6. The molecule has 6 heteroatoms. The van der Waals surface area contributed by atoms with Gasteiger partial charge < -0.3 is 15.2 Å². The van der Waals surface area contributed by atoms with Crippen LogP contribution in [0.4, 0.5) is 5.82 Å². The maximum atomic E-state index is 12.5. The number of nitrogens with zero attached hydrogens (tertiary/aromatic N) is 2. The summed E-state index contributed by atoms with van der Waals surface area (Å²) in [7, 11) is 0. The summed E-state index contributed by atoms with van der Waals surface area (Å²) in [6, 6.07) is 7.77. The van der Waals surface area contributed by atoms with Crippen molar-refractivity contribution in [1.29, 1.82) is 0 Å². The van der Waals surface area contributed by atoms with Crippen molar-refractivity contribution < 1.29 is 9.59 Å². The van der Waals surface area contributed by atoms with Gasteiger partial charge in [-0.25, -0.2) is 4.98 Å². The normalized spacial score (nSPS) is 17.9. The highest BCUT2D eigenvalue weighted by Gasteiger charge is 2.29. The minimum Gasteiger partial charge on any atom is -0.349 e. The van der Waals surface area contributed by atoms with Gasteiger partial charge in [-0.15, -0.1) is 0 Å². The minimum absolute atomic E-state index is 0.00327. The van der Waals surface area contributed by atoms with Gasteiger partial charge in [0, 0.05) is 23.2 Å². The fraction of sp³-hybridized carbons (Fsp3) is 0.476. The number of rotatable bonds is 5. The smallest absolute Gasteiger partial charge is 0.251 e. The molecule has 0 unspecified atom stereocenters. The first-order valence-corrected chi connectivity index (χ1v) is 9.95. The average Bonchev–Trinajstić information content (AvgIpc) is 3.47. The van der Waals surface area contributed by atoms with E-state index in [1.165, 1.54) is 25.7 Å². The van der Waals surface area contributed by atoms with Crippen molar-refractivity contribution in [2.45, 2.75) is 57.4 Å². The standard InChI is InChI=1S/C21H26N4O2/c26-20(23-17-5-3-1-2-4-6-17)16-9-11-18(12-10-16)25-13-19(22-14-25)24-21(27)15-7-8-15/h9-15,17H,1-8H2,(H,23,26)(H,24,27). The molecule has 2 saturated carbocycles. The van der Waals surface area contributed by atoms with E-state index in [4.69, 9.17) is 0 Å². The van der Waals surface area contributed by atoms with Crippen molar-refractivity contribution in [2.75, 3.05) is 5.32 Å². The number of benzene rings is 1. The maximum absolute atomic E-state index is 12.5. The number of carbonyl (C=O) groups is 2. The molecule has 27 heavy (non-hydrogen) atoms. The van der Waals surface area contributed by atoms with Crippen molar-refractivity contribution in [1.82, 2.24) is 14.9 Å². The molecule has 0 aliphatic heterocycles. The zero-order valence-electron chi connectivity index (χ0n) is 15.5. The molecule has 142 valence electrons. The molecule has 0 bridgehead atoms. The van der Waals surface area contributed by atoms with Crippen LogP contribution in [0, 0.1) is 5.92 Å².